The molecule has 0 aliphatic heterocycles. The standard InChI is InChI=1S/C12H16N2O4/c1-9(6-12(16)17)14(2)11(15)8-18-10-4-3-5-13-7-10/h3-5,7,9H,6,8H2,1-2H3,(H,16,17). The van der Waals surface area contributed by atoms with E-state index in [1.165, 1.54) is 11.1 Å². The number of hydrogen-bond acceptors (Lipinski definition) is 4. The average molecular weight is 252 g/mol. The van der Waals surface area contributed by atoms with Crippen LogP contribution in [-0.2, 0) is 9.59 Å². The highest BCUT2D eigenvalue weighted by atomic mass is 16.5. The second-order valence-corrected chi connectivity index (χ2v) is 3.93. The highest BCUT2D eigenvalue weighted by Crippen LogP contribution is 2.07. The van der Waals surface area contributed by atoms with Gasteiger partial charge in [0.15, 0.2) is 6.61 Å². The molecule has 0 fully saturated rings. The first-order valence-electron chi connectivity index (χ1n) is 5.51. The molecule has 1 atom stereocenters. The van der Waals surface area contributed by atoms with Gasteiger partial charge in [-0.1, -0.05) is 0 Å². The van der Waals surface area contributed by atoms with Crippen molar-refractivity contribution >= 4 is 11.9 Å². The van der Waals surface area contributed by atoms with Gasteiger partial charge in [-0.05, 0) is 19.1 Å². The van der Waals surface area contributed by atoms with Crippen LogP contribution in [0.3, 0.4) is 0 Å². The van der Waals surface area contributed by atoms with Crippen LogP contribution in [0.5, 0.6) is 5.75 Å². The van der Waals surface area contributed by atoms with Gasteiger partial charge < -0.3 is 14.7 Å². The van der Waals surface area contributed by atoms with E-state index >= 15 is 0 Å². The minimum atomic E-state index is -0.935. The van der Waals surface area contributed by atoms with Gasteiger partial charge in [0.2, 0.25) is 0 Å². The molecule has 1 amide bonds. The number of rotatable bonds is 6. The molecular formula is C12H16N2O4. The van der Waals surface area contributed by atoms with Crippen molar-refractivity contribution < 1.29 is 19.4 Å². The Morgan fingerprint density at radius 3 is 2.83 bits per heavy atom. The second-order valence-electron chi connectivity index (χ2n) is 3.93. The van der Waals surface area contributed by atoms with E-state index in [-0.39, 0.29) is 25.0 Å². The number of carboxylic acid groups (broad SMARTS) is 1. The minimum Gasteiger partial charge on any atom is -0.482 e. The van der Waals surface area contributed by atoms with E-state index in [2.05, 4.69) is 4.98 Å². The van der Waals surface area contributed by atoms with Gasteiger partial charge >= 0.3 is 5.97 Å². The second kappa shape index (κ2) is 6.58. The topological polar surface area (TPSA) is 79.7 Å². The molecule has 0 radical (unpaired) electrons. The van der Waals surface area contributed by atoms with Crippen LogP contribution < -0.4 is 4.74 Å². The molecule has 0 saturated heterocycles. The SMILES string of the molecule is CC(CC(=O)O)N(C)C(=O)COc1cccnc1. The molecule has 0 aliphatic carbocycles. The molecule has 1 heterocycles. The average Bonchev–Trinajstić information content (AvgIpc) is 2.35. The van der Waals surface area contributed by atoms with E-state index in [0.717, 1.165) is 0 Å². The maximum Gasteiger partial charge on any atom is 0.305 e. The Kier molecular flexibility index (Phi) is 5.10. The number of aromatic nitrogens is 1. The number of amides is 1. The molecule has 6 heteroatoms. The van der Waals surface area contributed by atoms with Crippen molar-refractivity contribution in [2.45, 2.75) is 19.4 Å². The minimum absolute atomic E-state index is 0.0882. The first-order valence-corrected chi connectivity index (χ1v) is 5.51. The van der Waals surface area contributed by atoms with Crippen LogP contribution in [0.25, 0.3) is 0 Å². The number of hydrogen-bond donors (Lipinski definition) is 1. The molecule has 0 aromatic carbocycles. The fraction of sp³-hybridized carbons (Fsp3) is 0.417. The Bertz CT molecular complexity index is 408. The molecule has 0 bridgehead atoms. The Labute approximate surface area is 105 Å². The molecule has 6 nitrogen and oxygen atoms in total. The molecule has 18 heavy (non-hydrogen) atoms. The van der Waals surface area contributed by atoms with Crippen LogP contribution in [0.2, 0.25) is 0 Å². The maximum absolute atomic E-state index is 11.7. The summed E-state index contributed by atoms with van der Waals surface area (Å²) < 4.78 is 5.24. The van der Waals surface area contributed by atoms with Crippen molar-refractivity contribution in [2.75, 3.05) is 13.7 Å². The zero-order valence-electron chi connectivity index (χ0n) is 10.4. The highest BCUT2D eigenvalue weighted by Gasteiger charge is 2.18. The third-order valence-electron chi connectivity index (χ3n) is 2.52. The molecule has 1 rings (SSSR count). The highest BCUT2D eigenvalue weighted by molar-refractivity contribution is 5.78. The van der Waals surface area contributed by atoms with E-state index in [1.54, 1.807) is 32.3 Å². The van der Waals surface area contributed by atoms with Crippen molar-refractivity contribution in [3.05, 3.63) is 24.5 Å². The molecule has 0 spiro atoms. The van der Waals surface area contributed by atoms with Crippen LogP contribution >= 0.6 is 0 Å². The summed E-state index contributed by atoms with van der Waals surface area (Å²) in [6, 6.07) is 3.03. The molecular weight excluding hydrogens is 236 g/mol. The van der Waals surface area contributed by atoms with Gasteiger partial charge in [0.05, 0.1) is 12.6 Å². The van der Waals surface area contributed by atoms with Gasteiger partial charge in [-0.25, -0.2) is 0 Å². The lowest BCUT2D eigenvalue weighted by Gasteiger charge is -2.23. The summed E-state index contributed by atoms with van der Waals surface area (Å²) in [6.45, 7) is 1.54. The molecule has 1 aromatic heterocycles. The van der Waals surface area contributed by atoms with Crippen LogP contribution in [0.15, 0.2) is 24.5 Å². The number of pyridine rings is 1. The van der Waals surface area contributed by atoms with Crippen LogP contribution in [0.1, 0.15) is 13.3 Å². The van der Waals surface area contributed by atoms with E-state index in [0.29, 0.717) is 5.75 Å². The summed E-state index contributed by atoms with van der Waals surface area (Å²) in [5.74, 6) is -0.701. The number of carbonyl (C=O) groups is 2. The summed E-state index contributed by atoms with van der Waals surface area (Å²) in [5.41, 5.74) is 0. The first kappa shape index (κ1) is 14.0. The molecule has 0 saturated carbocycles. The fourth-order valence-electron chi connectivity index (χ4n) is 1.31. The van der Waals surface area contributed by atoms with Crippen LogP contribution in [-0.4, -0.2) is 46.6 Å². The van der Waals surface area contributed by atoms with Gasteiger partial charge in [-0.15, -0.1) is 0 Å². The number of nitrogens with zero attached hydrogens (tertiary/aromatic N) is 2. The first-order chi connectivity index (χ1) is 8.50. The summed E-state index contributed by atoms with van der Waals surface area (Å²) in [7, 11) is 1.56. The Balaban J connectivity index is 2.43. The van der Waals surface area contributed by atoms with Crippen LogP contribution in [0, 0.1) is 0 Å². The molecule has 1 N–H and O–H groups in total. The van der Waals surface area contributed by atoms with Gasteiger partial charge in [-0.3, -0.25) is 14.6 Å². The number of aliphatic carboxylic acids is 1. The summed E-state index contributed by atoms with van der Waals surface area (Å²) in [5, 5.41) is 8.64. The third kappa shape index (κ3) is 4.40. The van der Waals surface area contributed by atoms with Crippen molar-refractivity contribution in [1.29, 1.82) is 0 Å². The molecule has 1 unspecified atom stereocenters. The van der Waals surface area contributed by atoms with E-state index in [9.17, 15) is 9.59 Å². The maximum atomic E-state index is 11.7. The molecule has 98 valence electrons. The predicted octanol–water partition coefficient (Wildman–Crippen LogP) is 0.782. The Hall–Kier alpha value is -2.11. The lowest BCUT2D eigenvalue weighted by Crippen LogP contribution is -2.39. The summed E-state index contributed by atoms with van der Waals surface area (Å²) in [6.07, 6.45) is 3.03. The number of ether oxygens (including phenoxy) is 1. The van der Waals surface area contributed by atoms with E-state index < -0.39 is 5.97 Å². The fourth-order valence-corrected chi connectivity index (χ4v) is 1.31. The lowest BCUT2D eigenvalue weighted by molar-refractivity contribution is -0.140. The van der Waals surface area contributed by atoms with Crippen LogP contribution in [0.4, 0.5) is 0 Å². The third-order valence-corrected chi connectivity index (χ3v) is 2.52. The predicted molar refractivity (Wildman–Crippen MR) is 64.2 cm³/mol. The smallest absolute Gasteiger partial charge is 0.305 e. The Morgan fingerprint density at radius 2 is 2.28 bits per heavy atom. The molecule has 0 aliphatic rings. The van der Waals surface area contributed by atoms with E-state index in [1.807, 2.05) is 0 Å². The van der Waals surface area contributed by atoms with Crippen molar-refractivity contribution in [3.8, 4) is 5.75 Å². The number of carbonyl (C=O) groups excluding carboxylic acids is 1. The zero-order chi connectivity index (χ0) is 13.5. The number of carboxylic acids is 1. The number of likely N-dealkylation sites (N-methyl/N-ethyl adjacent to an activating group) is 1. The summed E-state index contributed by atoms with van der Waals surface area (Å²) >= 11 is 0. The molecule has 1 aromatic rings. The summed E-state index contributed by atoms with van der Waals surface area (Å²) in [4.78, 5) is 27.5. The van der Waals surface area contributed by atoms with Gasteiger partial charge in [-0.2, -0.15) is 0 Å². The Morgan fingerprint density at radius 1 is 1.56 bits per heavy atom. The quantitative estimate of drug-likeness (QED) is 0.809. The van der Waals surface area contributed by atoms with Crippen molar-refractivity contribution in [2.24, 2.45) is 0 Å². The van der Waals surface area contributed by atoms with E-state index in [4.69, 9.17) is 9.84 Å². The van der Waals surface area contributed by atoms with Crippen molar-refractivity contribution in [3.63, 3.8) is 0 Å². The normalized spacial score (nSPS) is 11.7. The largest absolute Gasteiger partial charge is 0.482 e. The van der Waals surface area contributed by atoms with Gasteiger partial charge in [0, 0.05) is 19.3 Å². The van der Waals surface area contributed by atoms with Gasteiger partial charge in [0.1, 0.15) is 5.75 Å². The van der Waals surface area contributed by atoms with Crippen molar-refractivity contribution in [1.82, 2.24) is 9.88 Å². The monoisotopic (exact) mass is 252 g/mol. The lowest BCUT2D eigenvalue weighted by atomic mass is 10.2. The zero-order valence-corrected chi connectivity index (χ0v) is 10.4. The van der Waals surface area contributed by atoms with Gasteiger partial charge in [0.25, 0.3) is 5.91 Å².